The highest BCUT2D eigenvalue weighted by atomic mass is 32.2. The maximum Gasteiger partial charge on any atom is 0.222 e. The van der Waals surface area contributed by atoms with Gasteiger partial charge < -0.3 is 11.1 Å². The first-order valence-corrected chi connectivity index (χ1v) is 15.9. The van der Waals surface area contributed by atoms with Gasteiger partial charge in [-0.2, -0.15) is 0 Å². The SMILES string of the molecule is Nc1c(SC2CCC2)sc2nc(-c3cnc(NCCN4CCS(=O)CC4)nc3)cc(-c3ccccc3)c12. The second-order valence-electron chi connectivity index (χ2n) is 9.49. The number of nitrogens with zero attached hydrogens (tertiary/aromatic N) is 4. The van der Waals surface area contributed by atoms with Crippen molar-refractivity contribution < 1.29 is 4.21 Å². The predicted octanol–water partition coefficient (Wildman–Crippen LogP) is 5.12. The molecule has 4 heterocycles. The van der Waals surface area contributed by atoms with Crippen molar-refractivity contribution in [3.05, 3.63) is 48.8 Å². The van der Waals surface area contributed by atoms with E-state index < -0.39 is 10.8 Å². The van der Waals surface area contributed by atoms with Crippen LogP contribution in [-0.2, 0) is 10.8 Å². The summed E-state index contributed by atoms with van der Waals surface area (Å²) in [5, 5.41) is 5.02. The number of hydrogen-bond acceptors (Lipinski definition) is 9. The van der Waals surface area contributed by atoms with Gasteiger partial charge in [0.25, 0.3) is 0 Å². The van der Waals surface area contributed by atoms with Gasteiger partial charge in [-0.05, 0) is 30.0 Å². The van der Waals surface area contributed by atoms with Crippen molar-refractivity contribution in [2.24, 2.45) is 0 Å². The van der Waals surface area contributed by atoms with Gasteiger partial charge in [-0.1, -0.05) is 36.8 Å². The highest BCUT2D eigenvalue weighted by molar-refractivity contribution is 8.02. The Kier molecular flexibility index (Phi) is 7.41. The molecule has 4 aromatic rings. The number of pyridine rings is 1. The van der Waals surface area contributed by atoms with Gasteiger partial charge in [0.15, 0.2) is 0 Å². The van der Waals surface area contributed by atoms with Crippen molar-refractivity contribution >= 4 is 55.8 Å². The first kappa shape index (κ1) is 24.8. The van der Waals surface area contributed by atoms with Crippen LogP contribution in [0.1, 0.15) is 19.3 Å². The summed E-state index contributed by atoms with van der Waals surface area (Å²) in [7, 11) is -0.647. The summed E-state index contributed by atoms with van der Waals surface area (Å²) in [5.41, 5.74) is 11.5. The minimum atomic E-state index is -0.647. The van der Waals surface area contributed by atoms with Crippen LogP contribution >= 0.6 is 23.1 Å². The van der Waals surface area contributed by atoms with Crippen LogP contribution in [0.2, 0.25) is 0 Å². The Morgan fingerprint density at radius 3 is 2.57 bits per heavy atom. The Labute approximate surface area is 227 Å². The van der Waals surface area contributed by atoms with Crippen LogP contribution in [0.5, 0.6) is 0 Å². The molecule has 3 aromatic heterocycles. The minimum Gasteiger partial charge on any atom is -0.397 e. The Morgan fingerprint density at radius 2 is 1.86 bits per heavy atom. The van der Waals surface area contributed by atoms with E-state index in [-0.39, 0.29) is 0 Å². The molecule has 2 fully saturated rings. The number of thiophene rings is 1. The summed E-state index contributed by atoms with van der Waals surface area (Å²) in [6, 6.07) is 12.5. The molecule has 0 radical (unpaired) electrons. The molecule has 3 N–H and O–H groups in total. The molecular formula is C27H30N6OS3. The second kappa shape index (κ2) is 11.1. The number of anilines is 2. The number of fused-ring (bicyclic) bond motifs is 1. The van der Waals surface area contributed by atoms with Gasteiger partial charge >= 0.3 is 0 Å². The van der Waals surface area contributed by atoms with Crippen LogP contribution in [0.25, 0.3) is 32.6 Å². The van der Waals surface area contributed by atoms with E-state index in [2.05, 4.69) is 50.5 Å². The largest absolute Gasteiger partial charge is 0.397 e. The molecule has 0 unspecified atom stereocenters. The van der Waals surface area contributed by atoms with E-state index in [1.54, 1.807) is 11.3 Å². The average Bonchev–Trinajstić information content (AvgIpc) is 3.23. The molecule has 0 amide bonds. The van der Waals surface area contributed by atoms with Crippen LogP contribution in [0, 0.1) is 0 Å². The number of aromatic nitrogens is 3. The van der Waals surface area contributed by atoms with Gasteiger partial charge in [0.05, 0.1) is 15.6 Å². The van der Waals surface area contributed by atoms with E-state index in [0.717, 1.165) is 76.0 Å². The molecule has 0 atom stereocenters. The monoisotopic (exact) mass is 550 g/mol. The molecule has 2 aliphatic rings. The van der Waals surface area contributed by atoms with Crippen LogP contribution < -0.4 is 11.1 Å². The third kappa shape index (κ3) is 5.52. The number of hydrogen-bond donors (Lipinski definition) is 2. The maximum atomic E-state index is 11.5. The summed E-state index contributed by atoms with van der Waals surface area (Å²) >= 11 is 3.61. The molecule has 192 valence electrons. The molecule has 6 rings (SSSR count). The summed E-state index contributed by atoms with van der Waals surface area (Å²) in [6.07, 6.45) is 7.51. The van der Waals surface area contributed by atoms with E-state index in [4.69, 9.17) is 10.7 Å². The minimum absolute atomic E-state index is 0.605. The molecular weight excluding hydrogens is 521 g/mol. The molecule has 7 nitrogen and oxygen atoms in total. The summed E-state index contributed by atoms with van der Waals surface area (Å²) < 4.78 is 12.7. The smallest absolute Gasteiger partial charge is 0.222 e. The van der Waals surface area contributed by atoms with Gasteiger partial charge in [-0.3, -0.25) is 9.11 Å². The van der Waals surface area contributed by atoms with Crippen molar-refractivity contribution in [3.8, 4) is 22.4 Å². The lowest BCUT2D eigenvalue weighted by atomic mass is 10.00. The molecule has 1 saturated carbocycles. The average molecular weight is 551 g/mol. The van der Waals surface area contributed by atoms with E-state index in [1.807, 2.05) is 30.2 Å². The zero-order chi connectivity index (χ0) is 25.2. The third-order valence-electron chi connectivity index (χ3n) is 7.00. The number of rotatable bonds is 8. The van der Waals surface area contributed by atoms with Crippen molar-refractivity contribution in [2.45, 2.75) is 28.7 Å². The molecule has 1 saturated heterocycles. The van der Waals surface area contributed by atoms with Gasteiger partial charge in [0, 0.05) is 77.1 Å². The summed E-state index contributed by atoms with van der Waals surface area (Å²) in [5.74, 6) is 2.14. The van der Waals surface area contributed by atoms with Crippen LogP contribution in [0.4, 0.5) is 11.6 Å². The van der Waals surface area contributed by atoms with Gasteiger partial charge in [0.2, 0.25) is 5.95 Å². The van der Waals surface area contributed by atoms with Crippen molar-refractivity contribution in [2.75, 3.05) is 48.7 Å². The first-order valence-electron chi connectivity index (χ1n) is 12.7. The van der Waals surface area contributed by atoms with Gasteiger partial charge in [0.1, 0.15) is 4.83 Å². The van der Waals surface area contributed by atoms with E-state index in [9.17, 15) is 4.21 Å². The lowest BCUT2D eigenvalue weighted by molar-refractivity contribution is 0.311. The molecule has 0 bridgehead atoms. The highest BCUT2D eigenvalue weighted by Crippen LogP contribution is 2.48. The highest BCUT2D eigenvalue weighted by Gasteiger charge is 2.24. The van der Waals surface area contributed by atoms with Crippen LogP contribution in [0.15, 0.2) is 53.0 Å². The molecule has 1 aliphatic heterocycles. The van der Waals surface area contributed by atoms with Gasteiger partial charge in [-0.25, -0.2) is 15.0 Å². The number of nitrogen functional groups attached to an aromatic ring is 1. The van der Waals surface area contributed by atoms with E-state index in [0.29, 0.717) is 11.2 Å². The maximum absolute atomic E-state index is 11.5. The Balaban J connectivity index is 1.25. The Morgan fingerprint density at radius 1 is 1.11 bits per heavy atom. The van der Waals surface area contributed by atoms with E-state index >= 15 is 0 Å². The van der Waals surface area contributed by atoms with Crippen molar-refractivity contribution in [3.63, 3.8) is 0 Å². The Bertz CT molecular complexity index is 1400. The van der Waals surface area contributed by atoms with Crippen LogP contribution in [-0.4, -0.2) is 67.0 Å². The number of nitrogens with one attached hydrogen (secondary N) is 1. The summed E-state index contributed by atoms with van der Waals surface area (Å²) in [6.45, 7) is 3.42. The first-order chi connectivity index (χ1) is 18.1. The van der Waals surface area contributed by atoms with Crippen molar-refractivity contribution in [1.82, 2.24) is 19.9 Å². The fraction of sp³-hybridized carbons (Fsp3) is 0.370. The van der Waals surface area contributed by atoms with E-state index in [1.165, 1.54) is 23.5 Å². The van der Waals surface area contributed by atoms with Crippen molar-refractivity contribution in [1.29, 1.82) is 0 Å². The fourth-order valence-corrected chi connectivity index (χ4v) is 8.52. The normalized spacial score (nSPS) is 17.2. The molecule has 10 heteroatoms. The topological polar surface area (TPSA) is 97.0 Å². The Hall–Kier alpha value is -2.53. The molecule has 1 aliphatic carbocycles. The standard InChI is InChI=1S/C27H30N6OS3/c28-24-23-21(18-5-2-1-3-6-18)15-22(32-25(23)36-26(24)35-20-7-4-8-20)19-16-30-27(31-17-19)29-9-10-33-11-13-37(34)14-12-33/h1-3,5-6,15-17,20H,4,7-14,28H2,(H,29,30,31). The quantitative estimate of drug-likeness (QED) is 0.312. The number of benzene rings is 1. The zero-order valence-corrected chi connectivity index (χ0v) is 23.0. The number of thioether (sulfide) groups is 1. The number of nitrogens with two attached hydrogens (primary N) is 1. The zero-order valence-electron chi connectivity index (χ0n) is 20.6. The fourth-order valence-electron chi connectivity index (χ4n) is 4.60. The lowest BCUT2D eigenvalue weighted by Crippen LogP contribution is -2.40. The molecule has 0 spiro atoms. The third-order valence-corrected chi connectivity index (χ3v) is 11.0. The van der Waals surface area contributed by atoms with Crippen LogP contribution in [0.3, 0.4) is 0 Å². The molecule has 1 aromatic carbocycles. The molecule has 37 heavy (non-hydrogen) atoms. The second-order valence-corrected chi connectivity index (χ2v) is 13.8. The summed E-state index contributed by atoms with van der Waals surface area (Å²) in [4.78, 5) is 17.4. The lowest BCUT2D eigenvalue weighted by Gasteiger charge is -2.25. The predicted molar refractivity (Wildman–Crippen MR) is 157 cm³/mol. The van der Waals surface area contributed by atoms with Gasteiger partial charge in [-0.15, -0.1) is 23.1 Å².